The molecule has 0 N–H and O–H groups in total. The Kier molecular flexibility index (Phi) is 6.10. The smallest absolute Gasteiger partial charge is 0.339 e. The number of carbonyl (C=O) groups is 2. The molecule has 5 rings (SSSR count). The van der Waals surface area contributed by atoms with Gasteiger partial charge in [-0.05, 0) is 29.8 Å². The van der Waals surface area contributed by atoms with Gasteiger partial charge in [0.15, 0.2) is 12.4 Å². The van der Waals surface area contributed by atoms with Gasteiger partial charge in [0.25, 0.3) is 0 Å². The molecule has 3 aromatic carbocycles. The number of likely N-dealkylation sites (N-methyl/N-ethyl adjacent to an activating group) is 1. The van der Waals surface area contributed by atoms with E-state index in [1.165, 1.54) is 0 Å². The van der Waals surface area contributed by atoms with E-state index in [1.54, 1.807) is 18.2 Å². The lowest BCUT2D eigenvalue weighted by Crippen LogP contribution is -2.25. The summed E-state index contributed by atoms with van der Waals surface area (Å²) < 4.78 is 5.50. The van der Waals surface area contributed by atoms with Crippen molar-refractivity contribution in [1.29, 1.82) is 0 Å². The molecule has 1 aromatic heterocycles. The van der Waals surface area contributed by atoms with Crippen LogP contribution in [0.2, 0.25) is 5.02 Å². The number of carbonyl (C=O) groups excluding carboxylic acids is 2. The number of para-hydroxylation sites is 2. The summed E-state index contributed by atoms with van der Waals surface area (Å²) in [4.78, 5) is 32.8. The van der Waals surface area contributed by atoms with Crippen molar-refractivity contribution < 1.29 is 14.3 Å². The van der Waals surface area contributed by atoms with Crippen molar-refractivity contribution in [2.24, 2.45) is 0 Å². The average molecular weight is 497 g/mol. The Morgan fingerprint density at radius 3 is 2.47 bits per heavy atom. The lowest BCUT2D eigenvalue weighted by molar-refractivity contribution is -0.117. The van der Waals surface area contributed by atoms with Crippen molar-refractivity contribution in [2.75, 3.05) is 18.6 Å². The van der Waals surface area contributed by atoms with Crippen LogP contribution in [0.5, 0.6) is 0 Å². The van der Waals surface area contributed by atoms with Crippen LogP contribution >= 0.6 is 11.6 Å². The highest BCUT2D eigenvalue weighted by Gasteiger charge is 2.38. The summed E-state index contributed by atoms with van der Waals surface area (Å²) in [6.07, 6.45) is 1.58. The molecule has 6 heteroatoms. The lowest BCUT2D eigenvalue weighted by atomic mass is 9.83. The largest absolute Gasteiger partial charge is 0.454 e. The zero-order valence-electron chi connectivity index (χ0n) is 20.3. The molecule has 0 fully saturated rings. The summed E-state index contributed by atoms with van der Waals surface area (Å²) in [5.41, 5.74) is 4.99. The molecular formula is C30H25ClN2O3. The molecule has 0 radical (unpaired) electrons. The van der Waals surface area contributed by atoms with Crippen LogP contribution in [0.4, 0.5) is 5.69 Å². The van der Waals surface area contributed by atoms with Crippen LogP contribution in [-0.4, -0.2) is 30.4 Å². The van der Waals surface area contributed by atoms with Gasteiger partial charge in [0, 0.05) is 45.9 Å². The van der Waals surface area contributed by atoms with Crippen molar-refractivity contribution in [1.82, 2.24) is 4.98 Å². The molecule has 0 saturated carbocycles. The van der Waals surface area contributed by atoms with Crippen molar-refractivity contribution in [2.45, 2.75) is 19.3 Å². The highest BCUT2D eigenvalue weighted by atomic mass is 35.5. The van der Waals surface area contributed by atoms with E-state index >= 15 is 0 Å². The highest BCUT2D eigenvalue weighted by Crippen LogP contribution is 2.46. The van der Waals surface area contributed by atoms with Crippen molar-refractivity contribution >= 4 is 39.9 Å². The number of pyridine rings is 1. The van der Waals surface area contributed by atoms with E-state index < -0.39 is 5.97 Å². The van der Waals surface area contributed by atoms with Gasteiger partial charge in [0.05, 0.1) is 16.8 Å². The van der Waals surface area contributed by atoms with Crippen molar-refractivity contribution in [3.63, 3.8) is 0 Å². The van der Waals surface area contributed by atoms with E-state index in [0.717, 1.165) is 16.9 Å². The third-order valence-corrected chi connectivity index (χ3v) is 7.00. The molecule has 1 aliphatic rings. The maximum Gasteiger partial charge on any atom is 0.339 e. The van der Waals surface area contributed by atoms with Gasteiger partial charge in [0.1, 0.15) is 0 Å². The second-order valence-corrected chi connectivity index (χ2v) is 9.73. The second kappa shape index (κ2) is 9.25. The molecule has 0 saturated heterocycles. The molecule has 1 aliphatic heterocycles. The number of anilines is 1. The van der Waals surface area contributed by atoms with Crippen LogP contribution in [-0.2, 0) is 14.9 Å². The van der Waals surface area contributed by atoms with Gasteiger partial charge in [-0.25, -0.2) is 9.78 Å². The molecular weight excluding hydrogens is 472 g/mol. The van der Waals surface area contributed by atoms with Gasteiger partial charge in [-0.2, -0.15) is 0 Å². The van der Waals surface area contributed by atoms with E-state index in [4.69, 9.17) is 16.3 Å². The number of esters is 1. The number of halogens is 1. The summed E-state index contributed by atoms with van der Waals surface area (Å²) in [7, 11) is 1.94. The Morgan fingerprint density at radius 2 is 1.69 bits per heavy atom. The zero-order chi connectivity index (χ0) is 25.4. The molecule has 0 unspecified atom stereocenters. The minimum Gasteiger partial charge on any atom is -0.454 e. The molecule has 2 heterocycles. The van der Waals surface area contributed by atoms with E-state index in [0.29, 0.717) is 32.7 Å². The third-order valence-electron chi connectivity index (χ3n) is 6.67. The van der Waals surface area contributed by atoms with E-state index in [2.05, 4.69) is 24.9 Å². The van der Waals surface area contributed by atoms with Crippen LogP contribution in [0.25, 0.3) is 22.2 Å². The quantitative estimate of drug-likeness (QED) is 0.230. The zero-order valence-corrected chi connectivity index (χ0v) is 21.0. The maximum atomic E-state index is 13.2. The number of hydrogen-bond donors (Lipinski definition) is 0. The highest BCUT2D eigenvalue weighted by molar-refractivity contribution is 6.33. The van der Waals surface area contributed by atoms with Crippen LogP contribution in [0.3, 0.4) is 0 Å². The molecule has 36 heavy (non-hydrogen) atoms. The number of aromatic nitrogens is 1. The number of benzene rings is 3. The number of rotatable bonds is 5. The van der Waals surface area contributed by atoms with E-state index in [1.807, 2.05) is 72.6 Å². The van der Waals surface area contributed by atoms with E-state index in [9.17, 15) is 9.59 Å². The lowest BCUT2D eigenvalue weighted by Gasteiger charge is -2.23. The van der Waals surface area contributed by atoms with Gasteiger partial charge in [-0.15, -0.1) is 0 Å². The average Bonchev–Trinajstić information content (AvgIpc) is 3.07. The summed E-state index contributed by atoms with van der Waals surface area (Å²) in [6.45, 7) is 3.81. The summed E-state index contributed by atoms with van der Waals surface area (Å²) in [6, 6.07) is 24.4. The van der Waals surface area contributed by atoms with Crippen molar-refractivity contribution in [3.8, 4) is 11.3 Å². The number of ketones is 1. The molecule has 0 aliphatic carbocycles. The number of allylic oxidation sites excluding steroid dienone is 1. The van der Waals surface area contributed by atoms with Crippen LogP contribution in [0, 0.1) is 0 Å². The Bertz CT molecular complexity index is 1540. The molecule has 0 amide bonds. The Morgan fingerprint density at radius 1 is 1.00 bits per heavy atom. The third kappa shape index (κ3) is 4.16. The minimum absolute atomic E-state index is 0.282. The number of nitrogens with zero attached hydrogens (tertiary/aromatic N) is 2. The fraction of sp³-hybridized carbons (Fsp3) is 0.167. The van der Waals surface area contributed by atoms with Gasteiger partial charge in [-0.3, -0.25) is 4.79 Å². The first-order valence-electron chi connectivity index (χ1n) is 11.7. The normalized spacial score (nSPS) is 15.2. The fourth-order valence-corrected chi connectivity index (χ4v) is 5.05. The molecule has 180 valence electrons. The summed E-state index contributed by atoms with van der Waals surface area (Å²) in [5, 5.41) is 1.18. The Labute approximate surface area is 215 Å². The van der Waals surface area contributed by atoms with Gasteiger partial charge < -0.3 is 9.64 Å². The van der Waals surface area contributed by atoms with Gasteiger partial charge >= 0.3 is 5.97 Å². The van der Waals surface area contributed by atoms with Crippen LogP contribution < -0.4 is 4.90 Å². The van der Waals surface area contributed by atoms with E-state index in [-0.39, 0.29) is 17.8 Å². The standard InChI is InChI=1S/C30H25ClN2O3/c1-30(2)23-12-6-9-15-27(23)33(3)28(30)16-19(34)18-36-29(35)22-17-26(21-11-4-7-13-24(21)31)32-25-14-8-5-10-20(22)25/h4-17H,18H2,1-3H3. The number of hydrogen-bond acceptors (Lipinski definition) is 5. The van der Waals surface area contributed by atoms with Crippen LogP contribution in [0.15, 0.2) is 90.6 Å². The second-order valence-electron chi connectivity index (χ2n) is 9.33. The first-order valence-corrected chi connectivity index (χ1v) is 12.0. The first kappa shape index (κ1) is 23.8. The van der Waals surface area contributed by atoms with Gasteiger partial charge in [-0.1, -0.05) is 80.0 Å². The topological polar surface area (TPSA) is 59.5 Å². The first-order chi connectivity index (χ1) is 17.3. The van der Waals surface area contributed by atoms with Crippen molar-refractivity contribution in [3.05, 3.63) is 107 Å². The number of fused-ring (bicyclic) bond motifs is 2. The maximum absolute atomic E-state index is 13.2. The summed E-state index contributed by atoms with van der Waals surface area (Å²) in [5.74, 6) is -0.869. The van der Waals surface area contributed by atoms with Gasteiger partial charge in [0.2, 0.25) is 0 Å². The molecule has 4 aromatic rings. The Balaban J connectivity index is 1.41. The molecule has 0 spiro atoms. The summed E-state index contributed by atoms with van der Waals surface area (Å²) >= 11 is 6.38. The number of ether oxygens (including phenoxy) is 1. The SMILES string of the molecule is CN1C(=CC(=O)COC(=O)c2cc(-c3ccccc3Cl)nc3ccccc23)C(C)(C)c2ccccc21. The predicted molar refractivity (Wildman–Crippen MR) is 143 cm³/mol. The molecule has 0 atom stereocenters. The minimum atomic E-state index is -0.587. The molecule has 0 bridgehead atoms. The molecule has 5 nitrogen and oxygen atoms in total. The predicted octanol–water partition coefficient (Wildman–Crippen LogP) is 6.59. The Hall–Kier alpha value is -3.96. The monoisotopic (exact) mass is 496 g/mol. The fourth-order valence-electron chi connectivity index (χ4n) is 4.82. The van der Waals surface area contributed by atoms with Crippen LogP contribution in [0.1, 0.15) is 29.8 Å².